The maximum atomic E-state index is 13.6. The van der Waals surface area contributed by atoms with Crippen LogP contribution in [-0.4, -0.2) is 58.5 Å². The zero-order valence-corrected chi connectivity index (χ0v) is 22.7. The van der Waals surface area contributed by atoms with Gasteiger partial charge in [-0.3, -0.25) is 14.7 Å². The number of anilines is 2. The van der Waals surface area contributed by atoms with Crippen molar-refractivity contribution in [1.29, 1.82) is 0 Å². The Morgan fingerprint density at radius 1 is 1.10 bits per heavy atom. The molecule has 1 aliphatic rings. The van der Waals surface area contributed by atoms with Gasteiger partial charge in [0, 0.05) is 23.4 Å². The molecule has 0 unspecified atom stereocenters. The third kappa shape index (κ3) is 6.35. The molecule has 4 amide bonds. The summed E-state index contributed by atoms with van der Waals surface area (Å²) in [5.41, 5.74) is 3.60. The van der Waals surface area contributed by atoms with Gasteiger partial charge in [-0.15, -0.1) is 0 Å². The molecule has 39 heavy (non-hydrogen) atoms. The quantitative estimate of drug-likeness (QED) is 0.308. The maximum absolute atomic E-state index is 13.6. The average molecular weight is 530 g/mol. The minimum Gasteiger partial charge on any atom is -0.330 e. The second-order valence-corrected chi connectivity index (χ2v) is 10.2. The van der Waals surface area contributed by atoms with Gasteiger partial charge >= 0.3 is 6.03 Å². The van der Waals surface area contributed by atoms with Crippen molar-refractivity contribution in [3.8, 4) is 0 Å². The number of aromatic amines is 1. The number of carbonyl (C=O) groups is 3. The van der Waals surface area contributed by atoms with Gasteiger partial charge in [-0.2, -0.15) is 5.10 Å². The molecule has 0 saturated heterocycles. The van der Waals surface area contributed by atoms with Crippen molar-refractivity contribution in [3.63, 3.8) is 0 Å². The van der Waals surface area contributed by atoms with Crippen LogP contribution < -0.4 is 16.0 Å². The zero-order chi connectivity index (χ0) is 28.1. The van der Waals surface area contributed by atoms with Crippen LogP contribution in [0.1, 0.15) is 53.1 Å². The lowest BCUT2D eigenvalue weighted by atomic mass is 10.0. The van der Waals surface area contributed by atoms with Gasteiger partial charge in [0.2, 0.25) is 5.91 Å². The van der Waals surface area contributed by atoms with Gasteiger partial charge in [0.1, 0.15) is 0 Å². The monoisotopic (exact) mass is 529 g/mol. The number of aromatic nitrogens is 2. The van der Waals surface area contributed by atoms with Crippen molar-refractivity contribution < 1.29 is 14.4 Å². The second-order valence-electron chi connectivity index (χ2n) is 10.2. The van der Waals surface area contributed by atoms with Gasteiger partial charge in [-0.05, 0) is 55.9 Å². The van der Waals surface area contributed by atoms with Crippen molar-refractivity contribution in [2.75, 3.05) is 31.3 Å². The number of rotatable bonds is 9. The van der Waals surface area contributed by atoms with Crippen molar-refractivity contribution >= 4 is 29.4 Å². The summed E-state index contributed by atoms with van der Waals surface area (Å²) in [7, 11) is 3.95. The summed E-state index contributed by atoms with van der Waals surface area (Å²) in [5, 5.41) is 16.2. The highest BCUT2D eigenvalue weighted by molar-refractivity contribution is 6.05. The van der Waals surface area contributed by atoms with E-state index in [-0.39, 0.29) is 35.8 Å². The predicted molar refractivity (Wildman–Crippen MR) is 151 cm³/mol. The molecule has 10 heteroatoms. The van der Waals surface area contributed by atoms with Crippen LogP contribution in [0.15, 0.2) is 67.3 Å². The molecule has 1 aliphatic heterocycles. The predicted octanol–water partition coefficient (Wildman–Crippen LogP) is 4.31. The van der Waals surface area contributed by atoms with Crippen molar-refractivity contribution in [3.05, 3.63) is 89.6 Å². The number of hydrogen-bond donors (Lipinski definition) is 4. The van der Waals surface area contributed by atoms with Gasteiger partial charge in [-0.25, -0.2) is 4.79 Å². The van der Waals surface area contributed by atoms with E-state index >= 15 is 0 Å². The lowest BCUT2D eigenvalue weighted by Crippen LogP contribution is -2.44. The molecule has 2 atom stereocenters. The molecule has 2 heterocycles. The number of amides is 4. The molecular weight excluding hydrogens is 494 g/mol. The van der Waals surface area contributed by atoms with Crippen molar-refractivity contribution in [2.45, 2.75) is 32.5 Å². The molecule has 0 bridgehead atoms. The molecule has 0 radical (unpaired) electrons. The second kappa shape index (κ2) is 12.0. The summed E-state index contributed by atoms with van der Waals surface area (Å²) in [6.07, 6.45) is 1.18. The normalized spacial score (nSPS) is 15.1. The molecule has 0 spiro atoms. The van der Waals surface area contributed by atoms with Crippen molar-refractivity contribution in [2.24, 2.45) is 5.92 Å². The number of urea groups is 1. The number of nitrogens with zero attached hydrogens (tertiary/aromatic N) is 3. The van der Waals surface area contributed by atoms with Crippen molar-refractivity contribution in [1.82, 2.24) is 25.3 Å². The van der Waals surface area contributed by atoms with E-state index in [0.717, 1.165) is 16.8 Å². The fraction of sp³-hybridized carbons (Fsp3) is 0.310. The molecule has 0 fully saturated rings. The van der Waals surface area contributed by atoms with E-state index in [0.29, 0.717) is 30.2 Å². The van der Waals surface area contributed by atoms with Crippen LogP contribution in [0.5, 0.6) is 0 Å². The number of H-pyrrole nitrogens is 1. The molecule has 0 aliphatic carbocycles. The van der Waals surface area contributed by atoms with E-state index in [1.165, 1.54) is 6.08 Å². The van der Waals surface area contributed by atoms with Crippen LogP contribution in [-0.2, 0) is 11.3 Å². The summed E-state index contributed by atoms with van der Waals surface area (Å²) in [6.45, 7) is 8.50. The first-order valence-corrected chi connectivity index (χ1v) is 12.9. The molecule has 10 nitrogen and oxygen atoms in total. The Labute approximate surface area is 228 Å². The molecular formula is C29H35N7O3. The molecule has 204 valence electrons. The summed E-state index contributed by atoms with van der Waals surface area (Å²) in [4.78, 5) is 41.9. The number of fused-ring (bicyclic) bond motifs is 1. The molecule has 3 aromatic rings. The first kappa shape index (κ1) is 27.6. The van der Waals surface area contributed by atoms with Gasteiger partial charge in [0.05, 0.1) is 24.3 Å². The minimum atomic E-state index is -0.343. The smallest absolute Gasteiger partial charge is 0.318 e. The summed E-state index contributed by atoms with van der Waals surface area (Å²) in [6, 6.07) is 15.8. The summed E-state index contributed by atoms with van der Waals surface area (Å²) >= 11 is 0. The van der Waals surface area contributed by atoms with Gasteiger partial charge in [0.25, 0.3) is 5.91 Å². The van der Waals surface area contributed by atoms with Crippen LogP contribution in [0.2, 0.25) is 0 Å². The lowest BCUT2D eigenvalue weighted by molar-refractivity contribution is -0.111. The maximum Gasteiger partial charge on any atom is 0.318 e. The topological polar surface area (TPSA) is 122 Å². The highest BCUT2D eigenvalue weighted by Crippen LogP contribution is 2.40. The number of hydrogen-bond acceptors (Lipinski definition) is 5. The average Bonchev–Trinajstić information content (AvgIpc) is 3.48. The largest absolute Gasteiger partial charge is 0.330 e. The fourth-order valence-electron chi connectivity index (χ4n) is 4.80. The highest BCUT2D eigenvalue weighted by atomic mass is 16.2. The molecule has 0 saturated carbocycles. The van der Waals surface area contributed by atoms with Crippen LogP contribution in [0.4, 0.5) is 16.3 Å². The Hall–Kier alpha value is -4.44. The molecule has 4 N–H and O–H groups in total. The third-order valence-corrected chi connectivity index (χ3v) is 6.63. The lowest BCUT2D eigenvalue weighted by Gasteiger charge is -2.31. The van der Waals surface area contributed by atoms with Crippen LogP contribution in [0, 0.1) is 5.92 Å². The Morgan fingerprint density at radius 2 is 1.79 bits per heavy atom. The van der Waals surface area contributed by atoms with E-state index in [1.54, 1.807) is 29.2 Å². The van der Waals surface area contributed by atoms with Crippen LogP contribution >= 0.6 is 0 Å². The SMILES string of the molecule is C=CC(=O)Nc1ccc(C(=O)Nc2n[nH]c3c2CN(C(=O)N[C@H](CN(C)C)c2ccccc2)[C@H]3C(C)C)cc1. The standard InChI is InChI=1S/C29H35N7O3/c1-6-24(37)30-21-14-12-20(13-15-21)28(38)32-27-22-16-36(26(18(2)3)25(22)33-34-27)29(39)31-23(17-35(4)5)19-10-8-7-9-11-19/h6-15,18,23,26H,1,16-17H2,2-5H3,(H,30,37)(H,31,39)(H2,32,33,34,38)/t23-,26+/m1/s1. The third-order valence-electron chi connectivity index (χ3n) is 6.63. The summed E-state index contributed by atoms with van der Waals surface area (Å²) in [5.74, 6) is -0.161. The first-order valence-electron chi connectivity index (χ1n) is 12.9. The first-order chi connectivity index (χ1) is 18.7. The Kier molecular flexibility index (Phi) is 8.46. The fourth-order valence-corrected chi connectivity index (χ4v) is 4.80. The van der Waals surface area contributed by atoms with Gasteiger partial charge in [-0.1, -0.05) is 50.8 Å². The van der Waals surface area contributed by atoms with E-state index in [1.807, 2.05) is 49.3 Å². The van der Waals surface area contributed by atoms with Gasteiger partial charge < -0.3 is 25.8 Å². The minimum absolute atomic E-state index is 0.114. The molecule has 4 rings (SSSR count). The van der Waals surface area contributed by atoms with E-state index < -0.39 is 0 Å². The van der Waals surface area contributed by atoms with Gasteiger partial charge in [0.15, 0.2) is 5.82 Å². The number of nitrogens with one attached hydrogen (secondary N) is 4. The number of likely N-dealkylation sites (N-methyl/N-ethyl adjacent to an activating group) is 1. The van der Waals surface area contributed by atoms with E-state index in [2.05, 4.69) is 46.6 Å². The summed E-state index contributed by atoms with van der Waals surface area (Å²) < 4.78 is 0. The van der Waals surface area contributed by atoms with E-state index in [9.17, 15) is 14.4 Å². The number of carbonyl (C=O) groups excluding carboxylic acids is 3. The Balaban J connectivity index is 1.50. The Morgan fingerprint density at radius 3 is 2.41 bits per heavy atom. The van der Waals surface area contributed by atoms with E-state index in [4.69, 9.17) is 0 Å². The Bertz CT molecular complexity index is 1330. The zero-order valence-electron chi connectivity index (χ0n) is 22.7. The van der Waals surface area contributed by atoms with Crippen LogP contribution in [0.3, 0.4) is 0 Å². The number of benzene rings is 2. The van der Waals surface area contributed by atoms with Crippen LogP contribution in [0.25, 0.3) is 0 Å². The molecule has 1 aromatic heterocycles. The molecule has 2 aromatic carbocycles. The highest BCUT2D eigenvalue weighted by Gasteiger charge is 2.40.